The van der Waals surface area contributed by atoms with Crippen molar-refractivity contribution in [1.82, 2.24) is 4.98 Å². The van der Waals surface area contributed by atoms with Gasteiger partial charge in [-0.3, -0.25) is 4.79 Å². The summed E-state index contributed by atoms with van der Waals surface area (Å²) >= 11 is 0. The summed E-state index contributed by atoms with van der Waals surface area (Å²) in [6.45, 7) is 3.22. The lowest BCUT2D eigenvalue weighted by atomic mass is 10.1. The normalized spacial score (nSPS) is 10.3. The average molecular weight is 274 g/mol. The first-order chi connectivity index (χ1) is 9.43. The zero-order valence-corrected chi connectivity index (χ0v) is 11.4. The van der Waals surface area contributed by atoms with Gasteiger partial charge in [-0.25, -0.2) is 9.78 Å². The van der Waals surface area contributed by atoms with Crippen LogP contribution in [0.2, 0.25) is 0 Å². The molecule has 2 aromatic rings. The molecule has 1 amide bonds. The maximum Gasteiger partial charge on any atom is 0.354 e. The Kier molecular flexibility index (Phi) is 3.56. The van der Waals surface area contributed by atoms with Gasteiger partial charge in [0, 0.05) is 12.3 Å². The highest BCUT2D eigenvalue weighted by atomic mass is 16.5. The SMILES string of the molecule is COc1ccc(C)c2c(NC(C)=O)cc(C(=O)O)nc12. The molecule has 0 atom stereocenters. The summed E-state index contributed by atoms with van der Waals surface area (Å²) in [6.07, 6.45) is 0. The third kappa shape index (κ3) is 2.40. The van der Waals surface area contributed by atoms with Crippen LogP contribution in [0.25, 0.3) is 10.9 Å². The van der Waals surface area contributed by atoms with Crippen molar-refractivity contribution in [3.05, 3.63) is 29.5 Å². The Morgan fingerprint density at radius 3 is 2.60 bits per heavy atom. The molecule has 0 bridgehead atoms. The number of aromatic carboxylic acids is 1. The largest absolute Gasteiger partial charge is 0.494 e. The van der Waals surface area contributed by atoms with Crippen LogP contribution in [0.1, 0.15) is 23.0 Å². The summed E-state index contributed by atoms with van der Waals surface area (Å²) in [5, 5.41) is 12.4. The highest BCUT2D eigenvalue weighted by Crippen LogP contribution is 2.32. The minimum atomic E-state index is -1.16. The number of carbonyl (C=O) groups is 2. The maximum atomic E-state index is 11.3. The van der Waals surface area contributed by atoms with Crippen LogP contribution in [0.15, 0.2) is 18.2 Å². The predicted octanol–water partition coefficient (Wildman–Crippen LogP) is 2.21. The standard InChI is InChI=1S/C14H14N2O4/c1-7-4-5-11(20-3)13-12(7)9(15-8(2)17)6-10(16-13)14(18)19/h4-6H,1-3H3,(H,18,19)(H,15,16,17). The number of carboxylic acid groups (broad SMARTS) is 1. The Morgan fingerprint density at radius 1 is 1.35 bits per heavy atom. The second kappa shape index (κ2) is 5.16. The van der Waals surface area contributed by atoms with Crippen LogP contribution in [-0.2, 0) is 4.79 Å². The molecule has 1 heterocycles. The molecule has 6 nitrogen and oxygen atoms in total. The van der Waals surface area contributed by atoms with Gasteiger partial charge >= 0.3 is 5.97 Å². The summed E-state index contributed by atoms with van der Waals surface area (Å²) < 4.78 is 5.21. The number of aryl methyl sites for hydroxylation is 1. The topological polar surface area (TPSA) is 88.5 Å². The molecule has 0 radical (unpaired) electrons. The van der Waals surface area contributed by atoms with E-state index in [0.29, 0.717) is 22.3 Å². The maximum absolute atomic E-state index is 11.3. The third-order valence-electron chi connectivity index (χ3n) is 2.88. The lowest BCUT2D eigenvalue weighted by Crippen LogP contribution is -2.10. The van der Waals surface area contributed by atoms with Crippen LogP contribution in [0.5, 0.6) is 5.75 Å². The van der Waals surface area contributed by atoms with Gasteiger partial charge in [-0.05, 0) is 24.6 Å². The number of methoxy groups -OCH3 is 1. The average Bonchev–Trinajstić information content (AvgIpc) is 2.37. The summed E-state index contributed by atoms with van der Waals surface area (Å²) in [5.74, 6) is -0.988. The van der Waals surface area contributed by atoms with Gasteiger partial charge in [-0.2, -0.15) is 0 Å². The zero-order chi connectivity index (χ0) is 14.9. The van der Waals surface area contributed by atoms with Gasteiger partial charge in [-0.1, -0.05) is 6.07 Å². The van der Waals surface area contributed by atoms with Crippen LogP contribution >= 0.6 is 0 Å². The van der Waals surface area contributed by atoms with E-state index in [-0.39, 0.29) is 11.6 Å². The van der Waals surface area contributed by atoms with Crippen molar-refractivity contribution in [2.45, 2.75) is 13.8 Å². The van der Waals surface area contributed by atoms with Crippen LogP contribution in [0.3, 0.4) is 0 Å². The molecule has 0 aliphatic heterocycles. The van der Waals surface area contributed by atoms with Crippen molar-refractivity contribution in [2.75, 3.05) is 12.4 Å². The first-order valence-electron chi connectivity index (χ1n) is 5.93. The minimum absolute atomic E-state index is 0.148. The molecule has 20 heavy (non-hydrogen) atoms. The first kappa shape index (κ1) is 13.8. The van der Waals surface area contributed by atoms with Gasteiger partial charge < -0.3 is 15.2 Å². The number of carboxylic acids is 1. The van der Waals surface area contributed by atoms with Crippen molar-refractivity contribution in [1.29, 1.82) is 0 Å². The predicted molar refractivity (Wildman–Crippen MR) is 74.3 cm³/mol. The molecule has 0 aliphatic rings. The Hall–Kier alpha value is -2.63. The van der Waals surface area contributed by atoms with E-state index in [4.69, 9.17) is 9.84 Å². The molecule has 2 N–H and O–H groups in total. The Morgan fingerprint density at radius 2 is 2.05 bits per heavy atom. The molecule has 0 spiro atoms. The van der Waals surface area contributed by atoms with E-state index in [2.05, 4.69) is 10.3 Å². The fourth-order valence-electron chi connectivity index (χ4n) is 2.05. The summed E-state index contributed by atoms with van der Waals surface area (Å²) in [4.78, 5) is 26.5. The third-order valence-corrected chi connectivity index (χ3v) is 2.88. The number of nitrogens with one attached hydrogen (secondary N) is 1. The van der Waals surface area contributed by atoms with Gasteiger partial charge in [0.25, 0.3) is 0 Å². The number of nitrogens with zero attached hydrogens (tertiary/aromatic N) is 1. The Labute approximate surface area is 115 Å². The van der Waals surface area contributed by atoms with Crippen molar-refractivity contribution in [3.63, 3.8) is 0 Å². The first-order valence-corrected chi connectivity index (χ1v) is 5.93. The molecule has 0 saturated carbocycles. The molecule has 6 heteroatoms. The molecule has 0 fully saturated rings. The number of ether oxygens (including phenoxy) is 1. The lowest BCUT2D eigenvalue weighted by Gasteiger charge is -2.13. The van der Waals surface area contributed by atoms with Gasteiger partial charge in [0.15, 0.2) is 5.69 Å². The van der Waals surface area contributed by atoms with E-state index in [1.807, 2.05) is 13.0 Å². The van der Waals surface area contributed by atoms with Crippen molar-refractivity contribution >= 4 is 28.5 Å². The van der Waals surface area contributed by atoms with E-state index >= 15 is 0 Å². The summed E-state index contributed by atoms with van der Waals surface area (Å²) in [5.41, 5.74) is 1.55. The second-order valence-electron chi connectivity index (χ2n) is 4.35. The zero-order valence-electron chi connectivity index (χ0n) is 11.4. The molecule has 1 aromatic carbocycles. The molecule has 2 rings (SSSR count). The number of benzene rings is 1. The fourth-order valence-corrected chi connectivity index (χ4v) is 2.05. The Bertz CT molecular complexity index is 710. The van der Waals surface area contributed by atoms with Crippen molar-refractivity contribution in [3.8, 4) is 5.75 Å². The van der Waals surface area contributed by atoms with Gasteiger partial charge in [0.1, 0.15) is 11.3 Å². The van der Waals surface area contributed by atoms with Crippen LogP contribution in [0.4, 0.5) is 5.69 Å². The smallest absolute Gasteiger partial charge is 0.354 e. The number of carbonyl (C=O) groups excluding carboxylic acids is 1. The molecular weight excluding hydrogens is 260 g/mol. The number of anilines is 1. The fraction of sp³-hybridized carbons (Fsp3) is 0.214. The highest BCUT2D eigenvalue weighted by Gasteiger charge is 2.16. The molecule has 104 valence electrons. The van der Waals surface area contributed by atoms with Crippen LogP contribution in [0, 0.1) is 6.92 Å². The number of hydrogen-bond donors (Lipinski definition) is 2. The van der Waals surface area contributed by atoms with E-state index in [1.165, 1.54) is 20.1 Å². The number of pyridine rings is 1. The molecule has 0 unspecified atom stereocenters. The number of amides is 1. The number of fused-ring (bicyclic) bond motifs is 1. The lowest BCUT2D eigenvalue weighted by molar-refractivity contribution is -0.114. The van der Waals surface area contributed by atoms with Gasteiger partial charge in [0.2, 0.25) is 5.91 Å². The highest BCUT2D eigenvalue weighted by molar-refractivity contribution is 6.05. The monoisotopic (exact) mass is 274 g/mol. The molecule has 0 saturated heterocycles. The van der Waals surface area contributed by atoms with E-state index < -0.39 is 5.97 Å². The molecule has 0 aliphatic carbocycles. The number of aromatic nitrogens is 1. The number of rotatable bonds is 3. The van der Waals surface area contributed by atoms with E-state index in [0.717, 1.165) is 5.56 Å². The minimum Gasteiger partial charge on any atom is -0.494 e. The van der Waals surface area contributed by atoms with Crippen LogP contribution in [-0.4, -0.2) is 29.1 Å². The second-order valence-corrected chi connectivity index (χ2v) is 4.35. The van der Waals surface area contributed by atoms with Gasteiger partial charge in [-0.15, -0.1) is 0 Å². The Balaban J connectivity index is 2.86. The van der Waals surface area contributed by atoms with Crippen molar-refractivity contribution in [2.24, 2.45) is 0 Å². The molecular formula is C14H14N2O4. The van der Waals surface area contributed by atoms with Crippen molar-refractivity contribution < 1.29 is 19.4 Å². The van der Waals surface area contributed by atoms with Crippen LogP contribution < -0.4 is 10.1 Å². The number of hydrogen-bond acceptors (Lipinski definition) is 4. The quantitative estimate of drug-likeness (QED) is 0.895. The van der Waals surface area contributed by atoms with E-state index in [1.54, 1.807) is 6.07 Å². The summed E-state index contributed by atoms with van der Waals surface area (Å²) in [6, 6.07) is 4.89. The summed E-state index contributed by atoms with van der Waals surface area (Å²) in [7, 11) is 1.48. The van der Waals surface area contributed by atoms with E-state index in [9.17, 15) is 9.59 Å². The van der Waals surface area contributed by atoms with Gasteiger partial charge in [0.05, 0.1) is 12.8 Å². The molecule has 1 aromatic heterocycles.